The van der Waals surface area contributed by atoms with Gasteiger partial charge in [0, 0.05) is 6.26 Å². The van der Waals surface area contributed by atoms with Gasteiger partial charge < -0.3 is 5.32 Å². The second-order valence-corrected chi connectivity index (χ2v) is 11.9. The first kappa shape index (κ1) is 25.5. The summed E-state index contributed by atoms with van der Waals surface area (Å²) in [5.74, 6) is -0.487. The van der Waals surface area contributed by atoms with Crippen LogP contribution in [0.2, 0.25) is 0 Å². The predicted octanol–water partition coefficient (Wildman–Crippen LogP) is 3.73. The molecule has 0 heterocycles. The molecule has 0 saturated carbocycles. The molecule has 0 aliphatic heterocycles. The first-order valence-electron chi connectivity index (χ1n) is 10.8. The quantitative estimate of drug-likeness (QED) is 0.483. The molecule has 9 heteroatoms. The predicted molar refractivity (Wildman–Crippen MR) is 133 cm³/mol. The lowest BCUT2D eigenvalue weighted by Crippen LogP contribution is -2.41. The number of sulfonamides is 1. The van der Waals surface area contributed by atoms with Crippen molar-refractivity contribution in [3.05, 3.63) is 90.0 Å². The molecule has 3 rings (SSSR count). The molecular weight excluding hydrogens is 472 g/mol. The highest BCUT2D eigenvalue weighted by molar-refractivity contribution is 7.93. The Bertz CT molecular complexity index is 1340. The number of hydrogen-bond donors (Lipinski definition) is 1. The molecule has 34 heavy (non-hydrogen) atoms. The maximum Gasteiger partial charge on any atom is 0.264 e. The molecule has 0 radical (unpaired) electrons. The molecule has 7 nitrogen and oxygen atoms in total. The monoisotopic (exact) mass is 500 g/mol. The lowest BCUT2D eigenvalue weighted by molar-refractivity contribution is -0.120. The van der Waals surface area contributed by atoms with Crippen molar-refractivity contribution in [1.29, 1.82) is 0 Å². The Morgan fingerprint density at radius 2 is 1.44 bits per heavy atom. The van der Waals surface area contributed by atoms with Crippen LogP contribution >= 0.6 is 0 Å². The van der Waals surface area contributed by atoms with Crippen molar-refractivity contribution in [3.63, 3.8) is 0 Å². The molecule has 3 aromatic carbocycles. The van der Waals surface area contributed by atoms with Gasteiger partial charge >= 0.3 is 0 Å². The van der Waals surface area contributed by atoms with Crippen molar-refractivity contribution in [3.8, 4) is 0 Å². The second kappa shape index (κ2) is 10.4. The first-order valence-corrected chi connectivity index (χ1v) is 14.1. The van der Waals surface area contributed by atoms with E-state index in [1.54, 1.807) is 49.4 Å². The molecule has 1 N–H and O–H groups in total. The van der Waals surface area contributed by atoms with Gasteiger partial charge in [-0.15, -0.1) is 0 Å². The first-order chi connectivity index (χ1) is 16.0. The Morgan fingerprint density at radius 3 is 1.97 bits per heavy atom. The maximum atomic E-state index is 13.4. The number of anilines is 1. The molecule has 0 aliphatic rings. The van der Waals surface area contributed by atoms with Crippen LogP contribution in [0.25, 0.3) is 0 Å². The average molecular weight is 501 g/mol. The minimum Gasteiger partial charge on any atom is -0.348 e. The zero-order valence-corrected chi connectivity index (χ0v) is 20.9. The summed E-state index contributed by atoms with van der Waals surface area (Å²) in [6, 6.07) is 20.8. The van der Waals surface area contributed by atoms with Crippen molar-refractivity contribution in [2.75, 3.05) is 17.1 Å². The van der Waals surface area contributed by atoms with E-state index in [4.69, 9.17) is 0 Å². The Morgan fingerprint density at radius 1 is 0.853 bits per heavy atom. The van der Waals surface area contributed by atoms with Gasteiger partial charge in [0.2, 0.25) is 5.91 Å². The number of rotatable bonds is 9. The van der Waals surface area contributed by atoms with E-state index < -0.39 is 38.4 Å². The van der Waals surface area contributed by atoms with Crippen LogP contribution in [0, 0.1) is 0 Å². The van der Waals surface area contributed by atoms with Crippen LogP contribution in [-0.4, -0.2) is 35.5 Å². The van der Waals surface area contributed by atoms with E-state index >= 15 is 0 Å². The van der Waals surface area contributed by atoms with Crippen LogP contribution in [0.3, 0.4) is 0 Å². The summed E-state index contributed by atoms with van der Waals surface area (Å²) in [7, 11) is -7.31. The number of carbonyl (C=O) groups excluding carboxylic acids is 1. The fourth-order valence-corrected chi connectivity index (χ4v) is 5.51. The van der Waals surface area contributed by atoms with E-state index in [0.29, 0.717) is 11.3 Å². The Hall–Kier alpha value is -3.17. The van der Waals surface area contributed by atoms with E-state index in [0.717, 1.165) is 22.5 Å². The number of amides is 1. The molecule has 0 bridgehead atoms. The van der Waals surface area contributed by atoms with Crippen molar-refractivity contribution >= 4 is 31.5 Å². The van der Waals surface area contributed by atoms with Gasteiger partial charge in [0.05, 0.1) is 21.5 Å². The lowest BCUT2D eigenvalue weighted by atomic mass is 10.1. The van der Waals surface area contributed by atoms with Crippen LogP contribution < -0.4 is 9.62 Å². The Balaban J connectivity index is 1.84. The van der Waals surface area contributed by atoms with E-state index in [-0.39, 0.29) is 9.79 Å². The van der Waals surface area contributed by atoms with E-state index in [2.05, 4.69) is 5.32 Å². The molecular formula is C25H28N2O5S2. The molecule has 1 amide bonds. The summed E-state index contributed by atoms with van der Waals surface area (Å²) in [6.07, 6.45) is 1.93. The van der Waals surface area contributed by atoms with Crippen LogP contribution in [0.4, 0.5) is 5.69 Å². The standard InChI is InChI=1S/C25H28N2O5S2/c1-4-20-10-14-22(15-11-20)27(34(31,32)24-8-6-5-7-9-24)18-25(28)26-19(2)21-12-16-23(17-13-21)33(3,29)30/h5-17,19H,4,18H2,1-3H3,(H,26,28)/t19-/m0/s1. The second-order valence-electron chi connectivity index (χ2n) is 7.98. The number of carbonyl (C=O) groups is 1. The summed E-state index contributed by atoms with van der Waals surface area (Å²) < 4.78 is 51.2. The molecule has 180 valence electrons. The molecule has 1 atom stereocenters. The molecule has 3 aromatic rings. The molecule has 0 saturated heterocycles. The van der Waals surface area contributed by atoms with Crippen molar-refractivity contribution in [2.24, 2.45) is 0 Å². The number of sulfone groups is 1. The molecule has 0 spiro atoms. The SMILES string of the molecule is CCc1ccc(N(CC(=O)N[C@@H](C)c2ccc(S(C)(=O)=O)cc2)S(=O)(=O)c2ccccc2)cc1. The summed E-state index contributed by atoms with van der Waals surface area (Å²) in [6.45, 7) is 3.35. The highest BCUT2D eigenvalue weighted by Gasteiger charge is 2.27. The van der Waals surface area contributed by atoms with Gasteiger partial charge in [0.1, 0.15) is 6.54 Å². The van der Waals surface area contributed by atoms with Crippen LogP contribution in [0.15, 0.2) is 88.7 Å². The van der Waals surface area contributed by atoms with Crippen LogP contribution in [0.1, 0.15) is 31.0 Å². The summed E-state index contributed by atoms with van der Waals surface area (Å²) in [4.78, 5) is 13.2. The van der Waals surface area contributed by atoms with Crippen molar-refractivity contribution in [2.45, 2.75) is 36.1 Å². The third kappa shape index (κ3) is 6.03. The Labute approximate surface area is 201 Å². The van der Waals surface area contributed by atoms with Gasteiger partial charge in [-0.3, -0.25) is 9.10 Å². The number of aryl methyl sites for hydroxylation is 1. The Kier molecular flexibility index (Phi) is 7.78. The number of nitrogens with one attached hydrogen (secondary N) is 1. The number of hydrogen-bond acceptors (Lipinski definition) is 5. The van der Waals surface area contributed by atoms with Crippen molar-refractivity contribution in [1.82, 2.24) is 5.32 Å². The fraction of sp³-hybridized carbons (Fsp3) is 0.240. The highest BCUT2D eigenvalue weighted by atomic mass is 32.2. The summed E-state index contributed by atoms with van der Waals surface area (Å²) >= 11 is 0. The molecule has 0 unspecified atom stereocenters. The fourth-order valence-electron chi connectivity index (χ4n) is 3.44. The van der Waals surface area contributed by atoms with Gasteiger partial charge in [-0.1, -0.05) is 49.4 Å². The van der Waals surface area contributed by atoms with Gasteiger partial charge in [0.15, 0.2) is 9.84 Å². The third-order valence-electron chi connectivity index (χ3n) is 5.44. The molecule has 0 aliphatic carbocycles. The highest BCUT2D eigenvalue weighted by Crippen LogP contribution is 2.24. The van der Waals surface area contributed by atoms with Gasteiger partial charge in [-0.2, -0.15) is 0 Å². The maximum absolute atomic E-state index is 13.4. The largest absolute Gasteiger partial charge is 0.348 e. The van der Waals surface area contributed by atoms with E-state index in [1.165, 1.54) is 24.3 Å². The third-order valence-corrected chi connectivity index (χ3v) is 8.35. The summed E-state index contributed by atoms with van der Waals surface area (Å²) in [5.41, 5.74) is 2.14. The zero-order valence-electron chi connectivity index (χ0n) is 19.3. The molecule has 0 fully saturated rings. The topological polar surface area (TPSA) is 101 Å². The molecule has 0 aromatic heterocycles. The van der Waals surface area contributed by atoms with Crippen LogP contribution in [0.5, 0.6) is 0 Å². The lowest BCUT2D eigenvalue weighted by Gasteiger charge is -2.25. The smallest absolute Gasteiger partial charge is 0.264 e. The summed E-state index contributed by atoms with van der Waals surface area (Å²) in [5, 5.41) is 2.81. The number of nitrogens with zero attached hydrogens (tertiary/aromatic N) is 1. The van der Waals surface area contributed by atoms with E-state index in [1.807, 2.05) is 19.1 Å². The van der Waals surface area contributed by atoms with Gasteiger partial charge in [-0.25, -0.2) is 16.8 Å². The zero-order chi connectivity index (χ0) is 24.9. The van der Waals surface area contributed by atoms with Gasteiger partial charge in [0.25, 0.3) is 10.0 Å². The van der Waals surface area contributed by atoms with Crippen LogP contribution in [-0.2, 0) is 31.1 Å². The average Bonchev–Trinajstić information content (AvgIpc) is 2.82. The minimum atomic E-state index is -3.99. The van der Waals surface area contributed by atoms with Gasteiger partial charge in [-0.05, 0) is 60.9 Å². The van der Waals surface area contributed by atoms with E-state index in [9.17, 15) is 21.6 Å². The number of benzene rings is 3. The normalized spacial score (nSPS) is 12.7. The minimum absolute atomic E-state index is 0.0896. The van der Waals surface area contributed by atoms with Crippen molar-refractivity contribution < 1.29 is 21.6 Å².